The number of benzene rings is 2. The average Bonchev–Trinajstić information content (AvgIpc) is 3.21. The van der Waals surface area contributed by atoms with E-state index in [9.17, 15) is 126 Å². The Hall–Kier alpha value is -7.23. The molecule has 2 aromatic carbocycles. The van der Waals surface area contributed by atoms with Crippen LogP contribution in [0.4, 0.5) is 0 Å². The molecule has 3 unspecified atom stereocenters. The molecule has 0 aliphatic heterocycles. The van der Waals surface area contributed by atoms with Gasteiger partial charge in [-0.1, -0.05) is 6.08 Å². The van der Waals surface area contributed by atoms with Gasteiger partial charge in [0.05, 0.1) is 52.6 Å². The molecule has 3 aliphatic rings. The third-order valence-corrected chi connectivity index (χ3v) is 11.3. The molecule has 63 heavy (non-hydrogen) atoms. The van der Waals surface area contributed by atoms with E-state index in [0.29, 0.717) is 12.1 Å². The zero-order valence-corrected chi connectivity index (χ0v) is 31.4. The van der Waals surface area contributed by atoms with Crippen molar-refractivity contribution in [2.45, 2.75) is 60.8 Å². The van der Waals surface area contributed by atoms with E-state index in [0.717, 1.165) is 0 Å². The summed E-state index contributed by atoms with van der Waals surface area (Å²) in [7, 11) is 0. The maximum absolute atomic E-state index is 13.6. The van der Waals surface area contributed by atoms with Crippen LogP contribution in [0.5, 0.6) is 34.5 Å². The zero-order valence-electron chi connectivity index (χ0n) is 31.4. The second kappa shape index (κ2) is 16.9. The fourth-order valence-corrected chi connectivity index (χ4v) is 8.30. The van der Waals surface area contributed by atoms with E-state index in [-0.39, 0.29) is 0 Å². The minimum Gasteiger partial charge on any atom is -0.508 e. The van der Waals surface area contributed by atoms with E-state index in [2.05, 4.69) is 0 Å². The predicted molar refractivity (Wildman–Crippen MR) is 195 cm³/mol. The van der Waals surface area contributed by atoms with Gasteiger partial charge in [-0.25, -0.2) is 14.4 Å². The van der Waals surface area contributed by atoms with Crippen LogP contribution < -0.4 is 0 Å². The van der Waals surface area contributed by atoms with Crippen molar-refractivity contribution in [1.29, 1.82) is 0 Å². The number of rotatable bonds is 11. The molecule has 0 heterocycles. The highest BCUT2D eigenvalue weighted by atomic mass is 16.5. The fourth-order valence-electron chi connectivity index (χ4n) is 8.30. The molecule has 12 atom stereocenters. The van der Waals surface area contributed by atoms with E-state index in [1.807, 2.05) is 0 Å². The number of aromatic hydroxyl groups is 6. The van der Waals surface area contributed by atoms with Gasteiger partial charge in [0, 0.05) is 28.5 Å². The van der Waals surface area contributed by atoms with E-state index in [1.54, 1.807) is 0 Å². The maximum atomic E-state index is 13.6. The zero-order chi connectivity index (χ0) is 47.6. The number of aliphatic hydroxyl groups is 10. The summed E-state index contributed by atoms with van der Waals surface area (Å²) in [5.41, 5.74) is -7.44. The SMILES string of the molecule is O=C(O)C1=C[C@@H](c2c(O)c(O)c(O)c([C@@H]3C(O)=C(O)[C@H](O)[C@H]([C@@H](O)COC(=O)C4C[C@@H](O)C(O)=C(O)[C@H]4c4c(C(=O)O)cc(O)c(O)c4O)C3C(=O)O)c2C(=O)O)C(O)[C@@H](O)[C@H]1O. The van der Waals surface area contributed by atoms with Crippen molar-refractivity contribution in [3.05, 3.63) is 68.6 Å². The highest BCUT2D eigenvalue weighted by Gasteiger charge is 2.55. The molecule has 2 aromatic rings. The van der Waals surface area contributed by atoms with Gasteiger partial charge in [0.1, 0.15) is 42.5 Å². The Morgan fingerprint density at radius 1 is 0.619 bits per heavy atom. The van der Waals surface area contributed by atoms with Crippen LogP contribution in [0.2, 0.25) is 0 Å². The molecule has 26 nitrogen and oxygen atoms in total. The summed E-state index contributed by atoms with van der Waals surface area (Å²) in [6.07, 6.45) is -15.1. The number of hydrogen-bond acceptors (Lipinski definition) is 22. The van der Waals surface area contributed by atoms with Crippen LogP contribution in [-0.2, 0) is 19.1 Å². The lowest BCUT2D eigenvalue weighted by molar-refractivity contribution is -0.162. The van der Waals surface area contributed by atoms with Crippen LogP contribution in [0.3, 0.4) is 0 Å². The number of hydrogen-bond donors (Lipinski definition) is 20. The molecule has 0 spiro atoms. The molecule has 0 fully saturated rings. The second-order valence-corrected chi connectivity index (χ2v) is 14.7. The first-order valence-electron chi connectivity index (χ1n) is 17.9. The highest BCUT2D eigenvalue weighted by molar-refractivity contribution is 5.96. The Labute approximate surface area is 348 Å². The van der Waals surface area contributed by atoms with E-state index in [4.69, 9.17) is 4.74 Å². The van der Waals surface area contributed by atoms with Crippen molar-refractivity contribution >= 4 is 29.8 Å². The van der Waals surface area contributed by atoms with Crippen molar-refractivity contribution in [1.82, 2.24) is 0 Å². The van der Waals surface area contributed by atoms with Gasteiger partial charge in [-0.2, -0.15) is 0 Å². The number of carbonyl (C=O) groups is 5. The van der Waals surface area contributed by atoms with Crippen molar-refractivity contribution < 1.29 is 131 Å². The number of aromatic carboxylic acids is 2. The van der Waals surface area contributed by atoms with Gasteiger partial charge in [0.25, 0.3) is 0 Å². The largest absolute Gasteiger partial charge is 0.508 e. The molecule has 0 saturated heterocycles. The maximum Gasteiger partial charge on any atom is 0.336 e. The normalized spacial score (nSPS) is 29.1. The minimum atomic E-state index is -2.74. The van der Waals surface area contributed by atoms with Crippen LogP contribution >= 0.6 is 0 Å². The molecule has 26 heteroatoms. The lowest BCUT2D eigenvalue weighted by Gasteiger charge is -2.41. The first-order chi connectivity index (χ1) is 29.2. The highest BCUT2D eigenvalue weighted by Crippen LogP contribution is 2.56. The Kier molecular flexibility index (Phi) is 12.6. The standard InChI is InChI=1S/C37H38O26/c38-9-2-6(33(54)55)13(24(45)22(9)43)14-7(3-10(39)23(44)25(14)46)37(62)63-4-11(40)15-19(36(60)61)17(29(50)32(53)27(15)48)16-18(35(58)59)12(26(47)31(52)28(16)49)5-1-8(34(56)57)21(42)30(51)20(5)41/h1-2,5,7,10-11,14-15,17,19-21,27,30,38-53H,3-4H2,(H,54,55)(H,56,57)(H,58,59)(H,60,61)/t5-,7?,10+,11-,14+,15+,17-,19?,20?,21-,27+,30+/m0/s1. The van der Waals surface area contributed by atoms with Crippen molar-refractivity contribution in [3.8, 4) is 34.5 Å². The molecule has 342 valence electrons. The number of allylic oxidation sites excluding steroid dienone is 2. The quantitative estimate of drug-likeness (QED) is 0.0857. The first kappa shape index (κ1) is 46.8. The Morgan fingerprint density at radius 2 is 1.17 bits per heavy atom. The van der Waals surface area contributed by atoms with Gasteiger partial charge in [-0.3, -0.25) is 9.59 Å². The summed E-state index contributed by atoms with van der Waals surface area (Å²) in [5.74, 6) is -39.6. The number of aliphatic carboxylic acids is 2. The summed E-state index contributed by atoms with van der Waals surface area (Å²) in [6.45, 7) is -1.50. The molecule has 5 rings (SSSR count). The summed E-state index contributed by atoms with van der Waals surface area (Å²) in [6, 6.07) is 0.385. The molecular formula is C37H38O26. The topological polar surface area (TPSA) is 499 Å². The second-order valence-electron chi connectivity index (χ2n) is 14.7. The van der Waals surface area contributed by atoms with Gasteiger partial charge < -0.3 is 107 Å². The molecule has 0 bridgehead atoms. The molecular weight excluding hydrogens is 860 g/mol. The number of carboxylic acid groups (broad SMARTS) is 4. The number of phenolic OH excluding ortho intramolecular Hbond substituents is 6. The predicted octanol–water partition coefficient (Wildman–Crippen LogP) is -1.99. The number of carboxylic acids is 4. The molecule has 0 saturated carbocycles. The summed E-state index contributed by atoms with van der Waals surface area (Å²) in [5, 5.41) is 211. The van der Waals surface area contributed by atoms with Crippen molar-refractivity contribution in [3.63, 3.8) is 0 Å². The van der Waals surface area contributed by atoms with E-state index >= 15 is 0 Å². The van der Waals surface area contributed by atoms with Gasteiger partial charge in [-0.05, 0) is 12.5 Å². The van der Waals surface area contributed by atoms with Crippen LogP contribution in [0.25, 0.3) is 0 Å². The Morgan fingerprint density at radius 3 is 1.71 bits per heavy atom. The van der Waals surface area contributed by atoms with E-state index < -0.39 is 206 Å². The van der Waals surface area contributed by atoms with Crippen molar-refractivity contribution in [2.24, 2.45) is 17.8 Å². The number of aliphatic hydroxyl groups excluding tert-OH is 10. The third-order valence-electron chi connectivity index (χ3n) is 11.3. The smallest absolute Gasteiger partial charge is 0.336 e. The van der Waals surface area contributed by atoms with Crippen LogP contribution in [0.1, 0.15) is 61.6 Å². The van der Waals surface area contributed by atoms with Crippen LogP contribution in [0, 0.1) is 17.8 Å². The lowest BCUT2D eigenvalue weighted by Crippen LogP contribution is -2.50. The number of ether oxygens (including phenoxy) is 1. The number of esters is 1. The first-order valence-corrected chi connectivity index (χ1v) is 17.9. The minimum absolute atomic E-state index is 0.385. The molecule has 0 radical (unpaired) electrons. The van der Waals surface area contributed by atoms with Gasteiger partial charge in [-0.15, -0.1) is 0 Å². The average molecular weight is 899 g/mol. The summed E-state index contributed by atoms with van der Waals surface area (Å²) >= 11 is 0. The monoisotopic (exact) mass is 898 g/mol. The van der Waals surface area contributed by atoms with Crippen molar-refractivity contribution in [2.75, 3.05) is 6.61 Å². The molecule has 3 aliphatic carbocycles. The number of phenols is 6. The van der Waals surface area contributed by atoms with Gasteiger partial charge in [0.15, 0.2) is 34.5 Å². The molecule has 0 amide bonds. The van der Waals surface area contributed by atoms with Crippen LogP contribution in [-0.4, -0.2) is 175 Å². The molecule has 20 N–H and O–H groups in total. The number of carbonyl (C=O) groups excluding carboxylic acids is 1. The van der Waals surface area contributed by atoms with E-state index in [1.165, 1.54) is 0 Å². The third kappa shape index (κ3) is 7.59. The van der Waals surface area contributed by atoms with Crippen LogP contribution in [0.15, 0.2) is 40.8 Å². The molecule has 0 aromatic heterocycles. The van der Waals surface area contributed by atoms with Gasteiger partial charge >= 0.3 is 29.8 Å². The Bertz CT molecular complexity index is 2380. The lowest BCUT2D eigenvalue weighted by atomic mass is 9.66. The fraction of sp³-hybridized carbons (Fsp3) is 0.378. The summed E-state index contributed by atoms with van der Waals surface area (Å²) < 4.78 is 5.07. The summed E-state index contributed by atoms with van der Waals surface area (Å²) in [4.78, 5) is 63.6. The Balaban J connectivity index is 1.62. The van der Waals surface area contributed by atoms with Gasteiger partial charge in [0.2, 0.25) is 11.5 Å².